The van der Waals surface area contributed by atoms with Crippen LogP contribution >= 0.6 is 0 Å². The third-order valence-electron chi connectivity index (χ3n) is 8.29. The fourth-order valence-electron chi connectivity index (χ4n) is 5.61. The number of aromatic nitrogens is 2. The molecule has 10 nitrogen and oxygen atoms in total. The Morgan fingerprint density at radius 2 is 1.80 bits per heavy atom. The summed E-state index contributed by atoms with van der Waals surface area (Å²) in [5.74, 6) is 1.31. The van der Waals surface area contributed by atoms with Crippen molar-refractivity contribution < 1.29 is 28.1 Å². The molecular weight excluding hydrogens is 589 g/mol. The summed E-state index contributed by atoms with van der Waals surface area (Å²) in [6.07, 6.45) is 6.06. The van der Waals surface area contributed by atoms with Crippen LogP contribution in [0.15, 0.2) is 48.7 Å². The number of amides is 1. The van der Waals surface area contributed by atoms with Crippen LogP contribution in [0.4, 0.5) is 32.3 Å². The molecule has 1 saturated heterocycles. The maximum Gasteiger partial charge on any atom is 0.420 e. The van der Waals surface area contributed by atoms with Gasteiger partial charge in [0.05, 0.1) is 26.5 Å². The van der Waals surface area contributed by atoms with E-state index in [1.165, 1.54) is 43.5 Å². The zero-order chi connectivity index (χ0) is 33.1. The van der Waals surface area contributed by atoms with Crippen molar-refractivity contribution in [3.8, 4) is 17.2 Å². The quantitative estimate of drug-likeness (QED) is 0.166. The normalized spacial score (nSPS) is 14.8. The van der Waals surface area contributed by atoms with Gasteiger partial charge in [-0.3, -0.25) is 0 Å². The molecule has 2 heterocycles. The Hall–Kier alpha value is -4.12. The molecule has 2 atom stereocenters. The van der Waals surface area contributed by atoms with Crippen LogP contribution in [0.5, 0.6) is 17.2 Å². The topological polar surface area (TPSA) is 98.3 Å². The van der Waals surface area contributed by atoms with Crippen LogP contribution in [-0.2, 0) is 4.74 Å². The van der Waals surface area contributed by atoms with Gasteiger partial charge in [0.1, 0.15) is 23.4 Å². The fourth-order valence-corrected chi connectivity index (χ4v) is 5.61. The number of hydrogen-bond acceptors (Lipinski definition) is 9. The molecule has 0 saturated carbocycles. The second-order valence-electron chi connectivity index (χ2n) is 12.0. The van der Waals surface area contributed by atoms with Crippen LogP contribution in [0, 0.1) is 17.7 Å². The summed E-state index contributed by atoms with van der Waals surface area (Å²) in [6, 6.07) is 11.4. The van der Waals surface area contributed by atoms with Crippen LogP contribution in [0.3, 0.4) is 0 Å². The molecule has 11 heteroatoms. The Labute approximate surface area is 272 Å². The van der Waals surface area contributed by atoms with E-state index in [-0.39, 0.29) is 35.5 Å². The lowest BCUT2D eigenvalue weighted by atomic mass is 9.93. The number of benzene rings is 2. The first-order valence-electron chi connectivity index (χ1n) is 16.2. The van der Waals surface area contributed by atoms with E-state index in [0.717, 1.165) is 32.5 Å². The highest BCUT2D eigenvalue weighted by Crippen LogP contribution is 2.37. The van der Waals surface area contributed by atoms with Crippen molar-refractivity contribution in [2.24, 2.45) is 11.8 Å². The largest absolute Gasteiger partial charge is 0.497 e. The zero-order valence-corrected chi connectivity index (χ0v) is 27.9. The van der Waals surface area contributed by atoms with Gasteiger partial charge in [0.15, 0.2) is 11.6 Å². The fraction of sp³-hybridized carbons (Fsp3) is 0.514. The summed E-state index contributed by atoms with van der Waals surface area (Å²) >= 11 is 0. The summed E-state index contributed by atoms with van der Waals surface area (Å²) < 4.78 is 37.8. The Kier molecular flexibility index (Phi) is 12.8. The molecule has 0 spiro atoms. The summed E-state index contributed by atoms with van der Waals surface area (Å²) in [5.41, 5.74) is 0.848. The smallest absolute Gasteiger partial charge is 0.420 e. The van der Waals surface area contributed by atoms with Crippen LogP contribution in [0.25, 0.3) is 0 Å². The van der Waals surface area contributed by atoms with E-state index in [9.17, 15) is 9.18 Å². The van der Waals surface area contributed by atoms with E-state index < -0.39 is 11.9 Å². The van der Waals surface area contributed by atoms with Gasteiger partial charge in [-0.2, -0.15) is 4.98 Å². The van der Waals surface area contributed by atoms with Gasteiger partial charge in [-0.05, 0) is 68.5 Å². The predicted molar refractivity (Wildman–Crippen MR) is 178 cm³/mol. The monoisotopic (exact) mass is 637 g/mol. The first-order chi connectivity index (χ1) is 22.2. The minimum absolute atomic E-state index is 0.0951. The Morgan fingerprint density at radius 1 is 1.02 bits per heavy atom. The highest BCUT2D eigenvalue weighted by atomic mass is 19.1. The Bertz CT molecular complexity index is 1420. The van der Waals surface area contributed by atoms with Gasteiger partial charge in [-0.15, -0.1) is 0 Å². The van der Waals surface area contributed by atoms with Crippen LogP contribution < -0.4 is 24.4 Å². The Morgan fingerprint density at radius 3 is 2.48 bits per heavy atom. The molecule has 2 unspecified atom stereocenters. The number of carbonyl (C=O) groups is 1. The molecule has 1 aliphatic heterocycles. The molecule has 1 N–H and O–H groups in total. The molecule has 1 aliphatic rings. The number of anilines is 4. The van der Waals surface area contributed by atoms with Crippen molar-refractivity contribution in [3.63, 3.8) is 0 Å². The molecule has 250 valence electrons. The number of methoxy groups -OCH3 is 2. The number of hydrogen-bond donors (Lipinski definition) is 1. The minimum atomic E-state index is -0.611. The molecule has 1 fully saturated rings. The van der Waals surface area contributed by atoms with Gasteiger partial charge in [0.25, 0.3) is 0 Å². The van der Waals surface area contributed by atoms with Crippen LogP contribution in [0.2, 0.25) is 0 Å². The van der Waals surface area contributed by atoms with Gasteiger partial charge in [-0.1, -0.05) is 40.5 Å². The summed E-state index contributed by atoms with van der Waals surface area (Å²) in [6.45, 7) is 11.8. The number of rotatable bonds is 15. The number of piperidine rings is 1. The van der Waals surface area contributed by atoms with Crippen molar-refractivity contribution in [1.82, 2.24) is 14.9 Å². The van der Waals surface area contributed by atoms with Crippen molar-refractivity contribution in [3.05, 3.63) is 54.5 Å². The number of nitrogens with one attached hydrogen (secondary N) is 1. The standard InChI is InChI=1S/C35H48FN5O5/c1-7-25(4)33(24(2)3)46-35(42)41(29-14-13-27(43-5)23-31(29)44-6)32-16-17-37-34(39-32)38-26-12-15-30(28(36)22-26)45-21-11-20-40-18-9-8-10-19-40/h12-17,22-25,33H,7-11,18-21H2,1-6H3,(H,37,38,39). The zero-order valence-electron chi connectivity index (χ0n) is 27.9. The molecular formula is C35H48FN5O5. The highest BCUT2D eigenvalue weighted by Gasteiger charge is 2.31. The molecule has 3 aromatic rings. The average molecular weight is 638 g/mol. The van der Waals surface area contributed by atoms with Gasteiger partial charge in [-0.25, -0.2) is 19.1 Å². The molecule has 46 heavy (non-hydrogen) atoms. The maximum absolute atomic E-state index is 15.0. The molecule has 1 amide bonds. The summed E-state index contributed by atoms with van der Waals surface area (Å²) in [7, 11) is 3.07. The van der Waals surface area contributed by atoms with E-state index in [0.29, 0.717) is 29.5 Å². The number of likely N-dealkylation sites (tertiary alicyclic amines) is 1. The molecule has 1 aromatic heterocycles. The summed E-state index contributed by atoms with van der Waals surface area (Å²) in [5, 5.41) is 3.05. The SMILES string of the molecule is CCC(C)C(OC(=O)N(c1ccnc(Nc2ccc(OCCCN3CCCCC3)c(F)c2)n1)c1ccc(OC)cc1OC)C(C)C. The first-order valence-corrected chi connectivity index (χ1v) is 16.2. The van der Waals surface area contributed by atoms with Crippen LogP contribution in [-0.4, -0.2) is 67.5 Å². The van der Waals surface area contributed by atoms with Gasteiger partial charge < -0.3 is 29.2 Å². The number of ether oxygens (including phenoxy) is 4. The van der Waals surface area contributed by atoms with Crippen molar-refractivity contribution >= 4 is 29.2 Å². The Balaban J connectivity index is 1.53. The molecule has 4 rings (SSSR count). The van der Waals surface area contributed by atoms with E-state index in [2.05, 4.69) is 34.0 Å². The van der Waals surface area contributed by atoms with Crippen molar-refractivity contribution in [2.45, 2.75) is 65.9 Å². The van der Waals surface area contributed by atoms with Gasteiger partial charge in [0.2, 0.25) is 5.95 Å². The molecule has 2 aromatic carbocycles. The van der Waals surface area contributed by atoms with Crippen molar-refractivity contribution in [1.29, 1.82) is 0 Å². The maximum atomic E-state index is 15.0. The lowest BCUT2D eigenvalue weighted by Gasteiger charge is -2.30. The predicted octanol–water partition coefficient (Wildman–Crippen LogP) is 7.98. The first kappa shape index (κ1) is 34.7. The minimum Gasteiger partial charge on any atom is -0.497 e. The lowest BCUT2D eigenvalue weighted by Crippen LogP contribution is -2.36. The summed E-state index contributed by atoms with van der Waals surface area (Å²) in [4.78, 5) is 26.6. The van der Waals surface area contributed by atoms with E-state index >= 15 is 0 Å². The molecule has 0 bridgehead atoms. The number of halogens is 1. The molecule has 0 aliphatic carbocycles. The highest BCUT2D eigenvalue weighted by molar-refractivity contribution is 5.97. The molecule has 0 radical (unpaired) electrons. The third kappa shape index (κ3) is 9.22. The van der Waals surface area contributed by atoms with E-state index in [1.54, 1.807) is 43.5 Å². The lowest BCUT2D eigenvalue weighted by molar-refractivity contribution is 0.0419. The van der Waals surface area contributed by atoms with Gasteiger partial charge in [0, 0.05) is 36.6 Å². The second kappa shape index (κ2) is 17.0. The number of carbonyl (C=O) groups excluding carboxylic acids is 1. The van der Waals surface area contributed by atoms with E-state index in [1.807, 2.05) is 13.8 Å². The third-order valence-corrected chi connectivity index (χ3v) is 8.29. The second-order valence-corrected chi connectivity index (χ2v) is 12.0. The van der Waals surface area contributed by atoms with Gasteiger partial charge >= 0.3 is 6.09 Å². The average Bonchev–Trinajstić information content (AvgIpc) is 3.06. The van der Waals surface area contributed by atoms with Crippen molar-refractivity contribution in [2.75, 3.05) is 50.7 Å². The van der Waals surface area contributed by atoms with E-state index in [4.69, 9.17) is 18.9 Å². The van der Waals surface area contributed by atoms with Crippen LogP contribution in [0.1, 0.15) is 59.8 Å². The number of nitrogens with zero attached hydrogens (tertiary/aromatic N) is 4.